The Hall–Kier alpha value is -1.88. The molecule has 2 aromatic rings. The van der Waals surface area contributed by atoms with E-state index in [0.29, 0.717) is 17.1 Å². The lowest BCUT2D eigenvalue weighted by Crippen LogP contribution is -2.14. The summed E-state index contributed by atoms with van der Waals surface area (Å²) in [7, 11) is 0. The molecule has 0 atom stereocenters. The van der Waals surface area contributed by atoms with Crippen molar-refractivity contribution in [3.05, 3.63) is 52.1 Å². The number of nitrogen functional groups attached to an aromatic ring is 1. The predicted molar refractivity (Wildman–Crippen MR) is 75.5 cm³/mol. The van der Waals surface area contributed by atoms with Crippen LogP contribution in [0.5, 0.6) is 0 Å². The number of pyridine rings is 1. The Kier molecular flexibility index (Phi) is 3.62. The third-order valence-corrected chi connectivity index (χ3v) is 2.91. The number of nitrogens with two attached hydrogens (primary N) is 1. The molecule has 4 nitrogen and oxygen atoms in total. The molecule has 0 saturated heterocycles. The number of anilines is 2. The monoisotopic (exact) mass is 305 g/mol. The number of nitrogens with zero attached hydrogens (tertiary/aromatic N) is 1. The minimum absolute atomic E-state index is 0.273. The van der Waals surface area contributed by atoms with Gasteiger partial charge in [0.25, 0.3) is 5.91 Å². The number of carbonyl (C=O) groups excluding carboxylic acids is 1. The first kappa shape index (κ1) is 12.6. The molecule has 1 heterocycles. The van der Waals surface area contributed by atoms with Gasteiger partial charge in [-0.25, -0.2) is 4.98 Å². The summed E-state index contributed by atoms with van der Waals surface area (Å²) in [6.45, 7) is 1.94. The number of rotatable bonds is 2. The minimum atomic E-state index is -0.273. The van der Waals surface area contributed by atoms with Crippen molar-refractivity contribution < 1.29 is 4.79 Å². The molecule has 18 heavy (non-hydrogen) atoms. The summed E-state index contributed by atoms with van der Waals surface area (Å²) in [4.78, 5) is 16.1. The molecule has 5 heteroatoms. The van der Waals surface area contributed by atoms with Crippen molar-refractivity contribution in [2.75, 3.05) is 11.1 Å². The molecule has 1 amide bonds. The molecule has 0 aliphatic carbocycles. The summed E-state index contributed by atoms with van der Waals surface area (Å²) in [5, 5.41) is 2.70. The van der Waals surface area contributed by atoms with Gasteiger partial charge in [0.15, 0.2) is 0 Å². The van der Waals surface area contributed by atoms with Crippen LogP contribution in [-0.2, 0) is 0 Å². The first-order valence-electron chi connectivity index (χ1n) is 5.35. The third kappa shape index (κ3) is 2.87. The molecule has 0 aliphatic heterocycles. The van der Waals surface area contributed by atoms with Crippen molar-refractivity contribution in [2.24, 2.45) is 0 Å². The summed E-state index contributed by atoms with van der Waals surface area (Å²) < 4.78 is 0.804. The van der Waals surface area contributed by atoms with Crippen LogP contribution in [-0.4, -0.2) is 10.9 Å². The van der Waals surface area contributed by atoms with Crippen LogP contribution < -0.4 is 11.1 Å². The number of hydrogen-bond donors (Lipinski definition) is 2. The van der Waals surface area contributed by atoms with E-state index in [9.17, 15) is 4.79 Å². The zero-order chi connectivity index (χ0) is 13.1. The number of benzene rings is 1. The summed E-state index contributed by atoms with van der Waals surface area (Å²) in [6.07, 6.45) is 1.69. The van der Waals surface area contributed by atoms with E-state index in [4.69, 9.17) is 5.73 Å². The van der Waals surface area contributed by atoms with Crippen LogP contribution in [0, 0.1) is 6.92 Å². The summed E-state index contributed by atoms with van der Waals surface area (Å²) in [5.74, 6) is 0.232. The number of amides is 1. The van der Waals surface area contributed by atoms with Gasteiger partial charge in [0, 0.05) is 16.4 Å². The maximum Gasteiger partial charge on any atom is 0.258 e. The topological polar surface area (TPSA) is 68.0 Å². The fourth-order valence-electron chi connectivity index (χ4n) is 1.45. The molecule has 0 unspecified atom stereocenters. The van der Waals surface area contributed by atoms with Gasteiger partial charge in [-0.1, -0.05) is 22.0 Å². The summed E-state index contributed by atoms with van der Waals surface area (Å²) in [6, 6.07) is 8.78. The number of hydrogen-bond acceptors (Lipinski definition) is 3. The van der Waals surface area contributed by atoms with Crippen LogP contribution in [0.3, 0.4) is 0 Å². The molecule has 0 aliphatic rings. The first-order chi connectivity index (χ1) is 8.56. The lowest BCUT2D eigenvalue weighted by atomic mass is 10.1. The fraction of sp³-hybridized carbons (Fsp3) is 0.0769. The van der Waals surface area contributed by atoms with E-state index in [2.05, 4.69) is 26.2 Å². The van der Waals surface area contributed by atoms with E-state index in [1.54, 1.807) is 30.5 Å². The molecule has 1 aromatic heterocycles. The van der Waals surface area contributed by atoms with Crippen LogP contribution in [0.1, 0.15) is 15.9 Å². The highest BCUT2D eigenvalue weighted by Crippen LogP contribution is 2.19. The molecule has 92 valence electrons. The van der Waals surface area contributed by atoms with E-state index in [0.717, 1.165) is 10.0 Å². The molecule has 3 N–H and O–H groups in total. The number of carbonyl (C=O) groups is 1. The van der Waals surface area contributed by atoms with Gasteiger partial charge in [-0.15, -0.1) is 0 Å². The van der Waals surface area contributed by atoms with Crippen molar-refractivity contribution in [3.8, 4) is 0 Å². The summed E-state index contributed by atoms with van der Waals surface area (Å²) >= 11 is 3.31. The van der Waals surface area contributed by atoms with Gasteiger partial charge in [0.1, 0.15) is 5.82 Å². The highest BCUT2D eigenvalue weighted by Gasteiger charge is 2.10. The number of aromatic nitrogens is 1. The average molecular weight is 306 g/mol. The van der Waals surface area contributed by atoms with Crippen LogP contribution >= 0.6 is 15.9 Å². The lowest BCUT2D eigenvalue weighted by molar-refractivity contribution is 0.102. The van der Waals surface area contributed by atoms with Crippen LogP contribution in [0.4, 0.5) is 11.5 Å². The maximum atomic E-state index is 12.0. The van der Waals surface area contributed by atoms with E-state index in [-0.39, 0.29) is 5.91 Å². The molecule has 0 spiro atoms. The van der Waals surface area contributed by atoms with Crippen molar-refractivity contribution in [1.82, 2.24) is 4.98 Å². The second kappa shape index (κ2) is 5.18. The maximum absolute atomic E-state index is 12.0. The van der Waals surface area contributed by atoms with Crippen molar-refractivity contribution in [3.63, 3.8) is 0 Å². The van der Waals surface area contributed by atoms with Crippen molar-refractivity contribution in [2.45, 2.75) is 6.92 Å². The van der Waals surface area contributed by atoms with Gasteiger partial charge >= 0.3 is 0 Å². The Morgan fingerprint density at radius 2 is 2.11 bits per heavy atom. The van der Waals surface area contributed by atoms with E-state index < -0.39 is 0 Å². The highest BCUT2D eigenvalue weighted by atomic mass is 79.9. The SMILES string of the molecule is Cc1ccc(NC(=O)c2cc(Br)ccc2N)nc1. The van der Waals surface area contributed by atoms with Gasteiger partial charge in [-0.2, -0.15) is 0 Å². The van der Waals surface area contributed by atoms with Gasteiger partial charge in [0.05, 0.1) is 5.56 Å². The van der Waals surface area contributed by atoms with Gasteiger partial charge in [-0.05, 0) is 36.8 Å². The predicted octanol–water partition coefficient (Wildman–Crippen LogP) is 2.99. The average Bonchev–Trinajstić information content (AvgIpc) is 2.35. The summed E-state index contributed by atoms with van der Waals surface area (Å²) in [5.41, 5.74) is 7.66. The Labute approximate surface area is 113 Å². The zero-order valence-electron chi connectivity index (χ0n) is 9.77. The molecule has 0 saturated carbocycles. The highest BCUT2D eigenvalue weighted by molar-refractivity contribution is 9.10. The standard InChI is InChI=1S/C13H12BrN3O/c1-8-2-5-12(16-7-8)17-13(18)10-6-9(14)3-4-11(10)15/h2-7H,15H2,1H3,(H,16,17,18). The van der Waals surface area contributed by atoms with Gasteiger partial charge in [0.2, 0.25) is 0 Å². The third-order valence-electron chi connectivity index (χ3n) is 2.41. The van der Waals surface area contributed by atoms with Crippen LogP contribution in [0.2, 0.25) is 0 Å². The molecular formula is C13H12BrN3O. The van der Waals surface area contributed by atoms with Gasteiger partial charge < -0.3 is 11.1 Å². The normalized spacial score (nSPS) is 10.1. The van der Waals surface area contributed by atoms with Crippen molar-refractivity contribution in [1.29, 1.82) is 0 Å². The molecule has 0 bridgehead atoms. The second-order valence-corrected chi connectivity index (χ2v) is 4.82. The number of aryl methyl sites for hydroxylation is 1. The van der Waals surface area contributed by atoms with Crippen LogP contribution in [0.15, 0.2) is 41.0 Å². The molecular weight excluding hydrogens is 294 g/mol. The Bertz CT molecular complexity index is 581. The number of halogens is 1. The lowest BCUT2D eigenvalue weighted by Gasteiger charge is -2.07. The Morgan fingerprint density at radius 3 is 2.78 bits per heavy atom. The largest absolute Gasteiger partial charge is 0.398 e. The van der Waals surface area contributed by atoms with Gasteiger partial charge in [-0.3, -0.25) is 4.79 Å². The minimum Gasteiger partial charge on any atom is -0.398 e. The number of nitrogens with one attached hydrogen (secondary N) is 1. The van der Waals surface area contributed by atoms with E-state index in [1.807, 2.05) is 13.0 Å². The Morgan fingerprint density at radius 1 is 1.33 bits per heavy atom. The first-order valence-corrected chi connectivity index (χ1v) is 6.14. The smallest absolute Gasteiger partial charge is 0.258 e. The second-order valence-electron chi connectivity index (χ2n) is 3.91. The van der Waals surface area contributed by atoms with Crippen LogP contribution in [0.25, 0.3) is 0 Å². The molecule has 0 radical (unpaired) electrons. The molecule has 1 aromatic carbocycles. The van der Waals surface area contributed by atoms with E-state index >= 15 is 0 Å². The molecule has 2 rings (SSSR count). The van der Waals surface area contributed by atoms with E-state index in [1.165, 1.54) is 0 Å². The fourth-order valence-corrected chi connectivity index (χ4v) is 1.81. The quantitative estimate of drug-likeness (QED) is 0.838. The van der Waals surface area contributed by atoms with Crippen molar-refractivity contribution >= 4 is 33.3 Å². The zero-order valence-corrected chi connectivity index (χ0v) is 11.4. The molecule has 0 fully saturated rings. The Balaban J connectivity index is 2.21.